The van der Waals surface area contributed by atoms with Crippen LogP contribution >= 0.6 is 0 Å². The third-order valence-corrected chi connectivity index (χ3v) is 5.91. The molecule has 0 aliphatic carbocycles. The fourth-order valence-electron chi connectivity index (χ4n) is 2.56. The van der Waals surface area contributed by atoms with Gasteiger partial charge in [-0.2, -0.15) is 4.31 Å². The molecule has 2 rings (SSSR count). The predicted octanol–water partition coefficient (Wildman–Crippen LogP) is 1.78. The number of benzene rings is 1. The zero-order valence-electron chi connectivity index (χ0n) is 15.6. The minimum absolute atomic E-state index is 0.0833. The summed E-state index contributed by atoms with van der Waals surface area (Å²) in [6.07, 6.45) is 1.65. The molecular weight excluding hydrogens is 373 g/mol. The third-order valence-electron chi connectivity index (χ3n) is 4.09. The molecule has 0 aliphatic rings. The second-order valence-electron chi connectivity index (χ2n) is 6.04. The summed E-state index contributed by atoms with van der Waals surface area (Å²) in [6.45, 7) is 3.48. The first-order chi connectivity index (χ1) is 12.7. The number of aryl methyl sites for hydroxylation is 1. The highest BCUT2D eigenvalue weighted by Gasteiger charge is 2.23. The highest BCUT2D eigenvalue weighted by Crippen LogP contribution is 2.23. The Kier molecular flexibility index (Phi) is 6.50. The Labute approximate surface area is 158 Å². The number of hydrogen-bond acceptors (Lipinski definition) is 5. The van der Waals surface area contributed by atoms with Crippen LogP contribution in [0.4, 0.5) is 4.39 Å². The van der Waals surface area contributed by atoms with Crippen LogP contribution in [0.5, 0.6) is 5.75 Å². The van der Waals surface area contributed by atoms with Crippen LogP contribution in [0.1, 0.15) is 16.8 Å². The number of sulfonamides is 1. The summed E-state index contributed by atoms with van der Waals surface area (Å²) in [5.41, 5.74) is 2.33. The van der Waals surface area contributed by atoms with Crippen molar-refractivity contribution in [3.05, 3.63) is 53.1 Å². The molecule has 0 aliphatic heterocycles. The van der Waals surface area contributed by atoms with Crippen molar-refractivity contribution in [2.75, 3.05) is 20.7 Å². The molecule has 0 fully saturated rings. The van der Waals surface area contributed by atoms with E-state index in [9.17, 15) is 17.6 Å². The van der Waals surface area contributed by atoms with E-state index in [4.69, 9.17) is 4.74 Å². The van der Waals surface area contributed by atoms with Gasteiger partial charge in [0, 0.05) is 24.4 Å². The van der Waals surface area contributed by atoms with Crippen molar-refractivity contribution in [3.63, 3.8) is 0 Å². The minimum Gasteiger partial charge on any atom is -0.496 e. The van der Waals surface area contributed by atoms with Gasteiger partial charge < -0.3 is 10.1 Å². The van der Waals surface area contributed by atoms with Crippen molar-refractivity contribution < 1.29 is 22.3 Å². The van der Waals surface area contributed by atoms with Gasteiger partial charge in [-0.05, 0) is 38.1 Å². The number of hydrogen-bond donors (Lipinski definition) is 1. The van der Waals surface area contributed by atoms with Crippen LogP contribution in [0.25, 0.3) is 0 Å². The lowest BCUT2D eigenvalue weighted by molar-refractivity contribution is -0.121. The van der Waals surface area contributed by atoms with Gasteiger partial charge in [0.05, 0.1) is 30.8 Å². The Bertz CT molecular complexity index is 930. The molecule has 1 aromatic heterocycles. The molecule has 1 amide bonds. The smallest absolute Gasteiger partial charge is 0.243 e. The van der Waals surface area contributed by atoms with Gasteiger partial charge in [-0.1, -0.05) is 0 Å². The van der Waals surface area contributed by atoms with Gasteiger partial charge >= 0.3 is 0 Å². The van der Waals surface area contributed by atoms with E-state index in [0.29, 0.717) is 11.4 Å². The average molecular weight is 395 g/mol. The molecule has 0 spiro atoms. The molecule has 0 radical (unpaired) electrons. The van der Waals surface area contributed by atoms with Crippen molar-refractivity contribution in [1.82, 2.24) is 14.6 Å². The molecule has 0 atom stereocenters. The molecule has 0 saturated heterocycles. The molecule has 146 valence electrons. The number of rotatable bonds is 7. The second-order valence-corrected chi connectivity index (χ2v) is 8.08. The second kappa shape index (κ2) is 8.45. The molecule has 1 N–H and O–H groups in total. The van der Waals surface area contributed by atoms with Gasteiger partial charge in [0.2, 0.25) is 15.9 Å². The fourth-order valence-corrected chi connectivity index (χ4v) is 3.69. The summed E-state index contributed by atoms with van der Waals surface area (Å²) in [7, 11) is -1.04. The van der Waals surface area contributed by atoms with Crippen LogP contribution in [-0.4, -0.2) is 44.3 Å². The zero-order valence-corrected chi connectivity index (χ0v) is 16.4. The Morgan fingerprint density at radius 1 is 1.26 bits per heavy atom. The fraction of sp³-hybridized carbons (Fsp3) is 0.333. The first-order valence-electron chi connectivity index (χ1n) is 8.14. The lowest BCUT2D eigenvalue weighted by atomic mass is 10.1. The number of pyridine rings is 1. The number of carbonyl (C=O) groups is 1. The van der Waals surface area contributed by atoms with E-state index in [1.54, 1.807) is 13.3 Å². The van der Waals surface area contributed by atoms with Crippen molar-refractivity contribution >= 4 is 15.9 Å². The van der Waals surface area contributed by atoms with Crippen molar-refractivity contribution in [1.29, 1.82) is 0 Å². The number of aromatic nitrogens is 1. The summed E-state index contributed by atoms with van der Waals surface area (Å²) in [5.74, 6) is -0.320. The maximum atomic E-state index is 13.0. The molecule has 27 heavy (non-hydrogen) atoms. The Morgan fingerprint density at radius 3 is 2.48 bits per heavy atom. The van der Waals surface area contributed by atoms with Crippen molar-refractivity contribution in [3.8, 4) is 5.75 Å². The van der Waals surface area contributed by atoms with Gasteiger partial charge in [-0.25, -0.2) is 12.8 Å². The predicted molar refractivity (Wildman–Crippen MR) is 98.3 cm³/mol. The van der Waals surface area contributed by atoms with Gasteiger partial charge in [-0.3, -0.25) is 9.78 Å². The number of carbonyl (C=O) groups excluding carboxylic acids is 1. The molecular formula is C18H22FN3O4S. The van der Waals surface area contributed by atoms with Crippen LogP contribution in [-0.2, 0) is 21.4 Å². The largest absolute Gasteiger partial charge is 0.496 e. The SMILES string of the molecule is COc1c(C)cnc(CNC(=O)CN(C)S(=O)(=O)c2ccc(F)cc2)c1C. The topological polar surface area (TPSA) is 88.6 Å². The lowest BCUT2D eigenvalue weighted by Crippen LogP contribution is -2.38. The molecule has 9 heteroatoms. The number of amides is 1. The summed E-state index contributed by atoms with van der Waals surface area (Å²) in [6, 6.07) is 4.43. The van der Waals surface area contributed by atoms with E-state index >= 15 is 0 Å². The molecule has 0 saturated carbocycles. The molecule has 0 unspecified atom stereocenters. The number of nitrogens with zero attached hydrogens (tertiary/aromatic N) is 2. The maximum Gasteiger partial charge on any atom is 0.243 e. The van der Waals surface area contributed by atoms with E-state index in [2.05, 4.69) is 10.3 Å². The quantitative estimate of drug-likeness (QED) is 0.772. The highest BCUT2D eigenvalue weighted by atomic mass is 32.2. The highest BCUT2D eigenvalue weighted by molar-refractivity contribution is 7.89. The summed E-state index contributed by atoms with van der Waals surface area (Å²) >= 11 is 0. The molecule has 2 aromatic rings. The number of nitrogens with one attached hydrogen (secondary N) is 1. The van der Waals surface area contributed by atoms with Crippen LogP contribution in [0, 0.1) is 19.7 Å². The van der Waals surface area contributed by atoms with E-state index in [0.717, 1.165) is 39.7 Å². The average Bonchev–Trinajstić information content (AvgIpc) is 2.61. The number of halogens is 1. The number of ether oxygens (including phenoxy) is 1. The zero-order chi connectivity index (χ0) is 20.2. The summed E-state index contributed by atoms with van der Waals surface area (Å²) < 4.78 is 44.0. The van der Waals surface area contributed by atoms with E-state index in [1.807, 2.05) is 13.8 Å². The molecule has 0 bridgehead atoms. The van der Waals surface area contributed by atoms with Crippen LogP contribution in [0.15, 0.2) is 35.4 Å². The Morgan fingerprint density at radius 2 is 1.89 bits per heavy atom. The third kappa shape index (κ3) is 4.81. The lowest BCUT2D eigenvalue weighted by Gasteiger charge is -2.17. The summed E-state index contributed by atoms with van der Waals surface area (Å²) in [4.78, 5) is 16.4. The number of likely N-dealkylation sites (N-methyl/N-ethyl adjacent to an activating group) is 1. The van der Waals surface area contributed by atoms with Crippen LogP contribution in [0.3, 0.4) is 0 Å². The standard InChI is InChI=1S/C18H22FN3O4S/c1-12-9-20-16(13(2)18(12)26-4)10-21-17(23)11-22(3)27(24,25)15-7-5-14(19)6-8-15/h5-9H,10-11H2,1-4H3,(H,21,23). The van der Waals surface area contributed by atoms with E-state index in [1.165, 1.54) is 7.05 Å². The molecule has 1 heterocycles. The molecule has 1 aromatic carbocycles. The maximum absolute atomic E-state index is 13.0. The van der Waals surface area contributed by atoms with Crippen LogP contribution in [0.2, 0.25) is 0 Å². The Hall–Kier alpha value is -2.52. The summed E-state index contributed by atoms with van der Waals surface area (Å²) in [5, 5.41) is 2.65. The Balaban J connectivity index is 2.02. The van der Waals surface area contributed by atoms with Gasteiger partial charge in [0.25, 0.3) is 0 Å². The number of methoxy groups -OCH3 is 1. The monoisotopic (exact) mass is 395 g/mol. The van der Waals surface area contributed by atoms with Gasteiger partial charge in [0.1, 0.15) is 11.6 Å². The van der Waals surface area contributed by atoms with Gasteiger partial charge in [-0.15, -0.1) is 0 Å². The van der Waals surface area contributed by atoms with Crippen molar-refractivity contribution in [2.24, 2.45) is 0 Å². The molecule has 7 nitrogen and oxygen atoms in total. The first-order valence-corrected chi connectivity index (χ1v) is 9.58. The minimum atomic E-state index is -3.89. The van der Waals surface area contributed by atoms with Crippen LogP contribution < -0.4 is 10.1 Å². The van der Waals surface area contributed by atoms with Crippen molar-refractivity contribution in [2.45, 2.75) is 25.3 Å². The van der Waals surface area contributed by atoms with E-state index < -0.39 is 21.7 Å². The van der Waals surface area contributed by atoms with Gasteiger partial charge in [0.15, 0.2) is 0 Å². The first kappa shape index (κ1) is 20.8. The van der Waals surface area contributed by atoms with E-state index in [-0.39, 0.29) is 18.0 Å². The normalized spacial score (nSPS) is 11.5.